The first-order chi connectivity index (χ1) is 10.2. The molecule has 0 aliphatic carbocycles. The van der Waals surface area contributed by atoms with Gasteiger partial charge in [0.1, 0.15) is 11.2 Å². The molecule has 3 aromatic rings. The molecule has 22 heavy (non-hydrogen) atoms. The number of aromatic amines is 1. The Bertz CT molecular complexity index is 884. The van der Waals surface area contributed by atoms with Crippen molar-refractivity contribution in [3.8, 4) is 0 Å². The van der Waals surface area contributed by atoms with Crippen molar-refractivity contribution >= 4 is 44.9 Å². The Labute approximate surface area is 140 Å². The van der Waals surface area contributed by atoms with Gasteiger partial charge in [0.15, 0.2) is 0 Å². The number of nitrogens with one attached hydrogen (secondary N) is 2. The molecule has 2 N–H and O–H groups in total. The van der Waals surface area contributed by atoms with E-state index in [4.69, 9.17) is 0 Å². The van der Waals surface area contributed by atoms with Crippen LogP contribution in [-0.2, 0) is 0 Å². The van der Waals surface area contributed by atoms with Crippen LogP contribution >= 0.6 is 28.3 Å². The van der Waals surface area contributed by atoms with Gasteiger partial charge in [-0.1, -0.05) is 0 Å². The summed E-state index contributed by atoms with van der Waals surface area (Å²) >= 11 is 3.47. The van der Waals surface area contributed by atoms with Crippen molar-refractivity contribution in [1.82, 2.24) is 24.9 Å². The quantitative estimate of drug-likeness (QED) is 0.674. The minimum atomic E-state index is -0.0854. The molecule has 0 spiro atoms. The van der Waals surface area contributed by atoms with E-state index in [0.29, 0.717) is 5.92 Å². The summed E-state index contributed by atoms with van der Waals surface area (Å²) in [5.41, 5.74) is 2.44. The fraction of sp³-hybridized carbons (Fsp3) is 0.357. The summed E-state index contributed by atoms with van der Waals surface area (Å²) in [6.45, 7) is 1.95. The zero-order chi connectivity index (χ0) is 14.4. The fourth-order valence-electron chi connectivity index (χ4n) is 3.03. The summed E-state index contributed by atoms with van der Waals surface area (Å²) in [6, 6.07) is 1.68. The van der Waals surface area contributed by atoms with Crippen molar-refractivity contribution in [3.05, 3.63) is 39.0 Å². The van der Waals surface area contributed by atoms with Gasteiger partial charge in [-0.3, -0.25) is 9.78 Å². The molecule has 4 heterocycles. The summed E-state index contributed by atoms with van der Waals surface area (Å²) in [7, 11) is 0. The van der Waals surface area contributed by atoms with Crippen LogP contribution in [0.5, 0.6) is 0 Å². The molecule has 8 heteroatoms. The van der Waals surface area contributed by atoms with E-state index in [-0.39, 0.29) is 18.0 Å². The lowest BCUT2D eigenvalue weighted by atomic mass is 9.94. The summed E-state index contributed by atoms with van der Waals surface area (Å²) < 4.78 is 2.70. The smallest absolute Gasteiger partial charge is 0.251 e. The van der Waals surface area contributed by atoms with Crippen LogP contribution in [0, 0.1) is 0 Å². The molecule has 0 radical (unpaired) electrons. The average molecular weight is 385 g/mol. The number of fused-ring (bicyclic) bond motifs is 3. The number of nitrogens with zero attached hydrogens (tertiary/aromatic N) is 3. The van der Waals surface area contributed by atoms with Gasteiger partial charge in [0.2, 0.25) is 0 Å². The minimum Gasteiger partial charge on any atom is -0.317 e. The lowest BCUT2D eigenvalue weighted by molar-refractivity contribution is 0.446. The van der Waals surface area contributed by atoms with E-state index in [0.717, 1.165) is 52.6 Å². The molecule has 0 saturated carbocycles. The maximum Gasteiger partial charge on any atom is 0.251 e. The standard InChI is InChI=1S/C14H14BrN5O.ClH/c15-10-7-17-6-9-13(10)19-20-11(5-12(21)18-14(9)20)8-1-3-16-4-2-8;/h5-8,16H,1-4H2,(H,18,21);1H. The highest BCUT2D eigenvalue weighted by Gasteiger charge is 2.21. The first-order valence-electron chi connectivity index (χ1n) is 7.00. The molecule has 4 rings (SSSR count). The van der Waals surface area contributed by atoms with Crippen LogP contribution in [0.4, 0.5) is 0 Å². The van der Waals surface area contributed by atoms with Crippen LogP contribution < -0.4 is 10.9 Å². The van der Waals surface area contributed by atoms with Crippen LogP contribution in [0.15, 0.2) is 27.7 Å². The first-order valence-corrected chi connectivity index (χ1v) is 7.79. The Balaban J connectivity index is 0.00000144. The number of halogens is 2. The van der Waals surface area contributed by atoms with Crippen molar-refractivity contribution in [1.29, 1.82) is 0 Å². The second kappa shape index (κ2) is 5.98. The van der Waals surface area contributed by atoms with Gasteiger partial charge in [-0.2, -0.15) is 5.10 Å². The Morgan fingerprint density at radius 3 is 2.82 bits per heavy atom. The van der Waals surface area contributed by atoms with E-state index in [9.17, 15) is 4.79 Å². The summed E-state index contributed by atoms with van der Waals surface area (Å²) in [6.07, 6.45) is 5.50. The zero-order valence-corrected chi connectivity index (χ0v) is 14.1. The van der Waals surface area contributed by atoms with Crippen LogP contribution in [-0.4, -0.2) is 32.7 Å². The van der Waals surface area contributed by atoms with E-state index in [1.165, 1.54) is 0 Å². The number of hydrogen-bond acceptors (Lipinski definition) is 4. The Morgan fingerprint density at radius 2 is 2.05 bits per heavy atom. The van der Waals surface area contributed by atoms with Crippen LogP contribution in [0.25, 0.3) is 16.6 Å². The lowest BCUT2D eigenvalue weighted by Gasteiger charge is -2.23. The predicted octanol–water partition coefficient (Wildman–Crippen LogP) is 2.22. The van der Waals surface area contributed by atoms with Crippen LogP contribution in [0.2, 0.25) is 0 Å². The fourth-order valence-corrected chi connectivity index (χ4v) is 3.44. The van der Waals surface area contributed by atoms with Crippen LogP contribution in [0.1, 0.15) is 24.5 Å². The lowest BCUT2D eigenvalue weighted by Crippen LogP contribution is -2.28. The van der Waals surface area contributed by atoms with Gasteiger partial charge in [0.05, 0.1) is 15.6 Å². The first kappa shape index (κ1) is 15.5. The molecule has 0 amide bonds. The van der Waals surface area contributed by atoms with E-state index in [2.05, 4.69) is 36.3 Å². The Hall–Kier alpha value is -1.44. The number of aromatic nitrogens is 4. The van der Waals surface area contributed by atoms with Gasteiger partial charge in [-0.15, -0.1) is 12.4 Å². The second-order valence-electron chi connectivity index (χ2n) is 5.36. The Kier molecular flexibility index (Phi) is 4.20. The molecule has 6 nitrogen and oxygen atoms in total. The topological polar surface area (TPSA) is 75.1 Å². The van der Waals surface area contributed by atoms with Gasteiger partial charge in [-0.05, 0) is 41.9 Å². The second-order valence-corrected chi connectivity index (χ2v) is 6.21. The van der Waals surface area contributed by atoms with Gasteiger partial charge < -0.3 is 10.3 Å². The largest absolute Gasteiger partial charge is 0.317 e. The minimum absolute atomic E-state index is 0. The molecule has 1 aliphatic rings. The molecule has 3 aromatic heterocycles. The number of piperidine rings is 1. The van der Waals surface area contributed by atoms with Crippen molar-refractivity contribution in [2.75, 3.05) is 13.1 Å². The van der Waals surface area contributed by atoms with Gasteiger partial charge >= 0.3 is 0 Å². The number of pyridine rings is 1. The van der Waals surface area contributed by atoms with E-state index < -0.39 is 0 Å². The maximum absolute atomic E-state index is 12.0. The summed E-state index contributed by atoms with van der Waals surface area (Å²) in [5.74, 6) is 0.358. The van der Waals surface area contributed by atoms with Gasteiger partial charge in [-0.25, -0.2) is 4.52 Å². The number of hydrogen-bond donors (Lipinski definition) is 2. The highest BCUT2D eigenvalue weighted by atomic mass is 79.9. The molecule has 0 aromatic carbocycles. The molecule has 0 atom stereocenters. The number of H-pyrrole nitrogens is 1. The number of rotatable bonds is 1. The van der Waals surface area contributed by atoms with Crippen molar-refractivity contribution < 1.29 is 0 Å². The summed E-state index contributed by atoms with van der Waals surface area (Å²) in [4.78, 5) is 19.1. The third-order valence-corrected chi connectivity index (χ3v) is 4.64. The van der Waals surface area contributed by atoms with E-state index >= 15 is 0 Å². The molecular weight excluding hydrogens is 370 g/mol. The molecule has 116 valence electrons. The molecule has 1 saturated heterocycles. The zero-order valence-electron chi connectivity index (χ0n) is 11.7. The third-order valence-electron chi connectivity index (χ3n) is 4.06. The van der Waals surface area contributed by atoms with Crippen LogP contribution in [0.3, 0.4) is 0 Å². The predicted molar refractivity (Wildman–Crippen MR) is 90.9 cm³/mol. The van der Waals surface area contributed by atoms with Gasteiger partial charge in [0.25, 0.3) is 5.56 Å². The maximum atomic E-state index is 12.0. The Morgan fingerprint density at radius 1 is 1.27 bits per heavy atom. The average Bonchev–Trinajstić information content (AvgIpc) is 2.88. The molecule has 1 fully saturated rings. The normalized spacial score (nSPS) is 16.0. The highest BCUT2D eigenvalue weighted by Crippen LogP contribution is 2.28. The molecule has 1 aliphatic heterocycles. The van der Waals surface area contributed by atoms with Crippen molar-refractivity contribution in [2.24, 2.45) is 0 Å². The molecular formula is C14H15BrClN5O. The highest BCUT2D eigenvalue weighted by molar-refractivity contribution is 9.10. The van der Waals surface area contributed by atoms with Gasteiger partial charge in [0, 0.05) is 24.4 Å². The van der Waals surface area contributed by atoms with Crippen molar-refractivity contribution in [2.45, 2.75) is 18.8 Å². The third kappa shape index (κ3) is 2.43. The molecule has 0 unspecified atom stereocenters. The van der Waals surface area contributed by atoms with Crippen molar-refractivity contribution in [3.63, 3.8) is 0 Å². The monoisotopic (exact) mass is 383 g/mol. The van der Waals surface area contributed by atoms with E-state index in [1.54, 1.807) is 18.5 Å². The SMILES string of the molecule is Cl.O=c1cc(C2CCNCC2)n2nc3c(Br)cncc3c2[nH]1. The molecule has 0 bridgehead atoms. The summed E-state index contributed by atoms with van der Waals surface area (Å²) in [5, 5.41) is 8.88. The van der Waals surface area contributed by atoms with E-state index in [1.807, 2.05) is 4.52 Å².